The number of rotatable bonds is 3. The molecule has 0 aliphatic carbocycles. The highest BCUT2D eigenvalue weighted by Gasteiger charge is 2.37. The Balaban J connectivity index is 1.60. The molecule has 0 bridgehead atoms. The van der Waals surface area contributed by atoms with Crippen LogP contribution in [0.25, 0.3) is 0 Å². The molecule has 0 radical (unpaired) electrons. The van der Waals surface area contributed by atoms with E-state index in [1.807, 2.05) is 54.3 Å². The van der Waals surface area contributed by atoms with Crippen molar-refractivity contribution in [2.45, 2.75) is 51.6 Å². The SMILES string of the molecule is CC(NC1=NCc2cc3c(cc21)CN([C@H](C)c1ccccc1)C(=O)C3)C(F)(F)F. The highest BCUT2D eigenvalue weighted by Crippen LogP contribution is 2.32. The van der Waals surface area contributed by atoms with Crippen LogP contribution in [0.2, 0.25) is 0 Å². The van der Waals surface area contributed by atoms with Crippen LogP contribution in [0.15, 0.2) is 47.5 Å². The first-order valence-corrected chi connectivity index (χ1v) is 9.61. The first-order chi connectivity index (χ1) is 13.7. The van der Waals surface area contributed by atoms with Gasteiger partial charge in [0.2, 0.25) is 5.91 Å². The molecule has 1 amide bonds. The van der Waals surface area contributed by atoms with Gasteiger partial charge in [-0.05, 0) is 42.2 Å². The molecule has 1 unspecified atom stereocenters. The zero-order valence-electron chi connectivity index (χ0n) is 16.3. The standard InChI is InChI=1S/C22H22F3N3O/c1-13(15-6-4-3-5-7-15)28-12-18-9-19-17(8-16(18)10-20(28)29)11-26-21(19)27-14(2)22(23,24)25/h3-9,13-14H,10-12H2,1-2H3,(H,26,27)/t13-,14?/m1/s1. The number of halogens is 3. The summed E-state index contributed by atoms with van der Waals surface area (Å²) in [5, 5.41) is 2.49. The van der Waals surface area contributed by atoms with Crippen molar-refractivity contribution in [3.05, 3.63) is 70.3 Å². The lowest BCUT2D eigenvalue weighted by Gasteiger charge is -2.34. The highest BCUT2D eigenvalue weighted by atomic mass is 19.4. The molecular formula is C22H22F3N3O. The van der Waals surface area contributed by atoms with Crippen molar-refractivity contribution in [1.29, 1.82) is 0 Å². The second-order valence-electron chi connectivity index (χ2n) is 7.64. The van der Waals surface area contributed by atoms with Gasteiger partial charge in [-0.15, -0.1) is 0 Å². The summed E-state index contributed by atoms with van der Waals surface area (Å²) in [4.78, 5) is 18.8. The lowest BCUT2D eigenvalue weighted by atomic mass is 9.92. The maximum absolute atomic E-state index is 12.9. The number of benzene rings is 2. The molecule has 4 rings (SSSR count). The summed E-state index contributed by atoms with van der Waals surface area (Å²) in [6.07, 6.45) is -4.05. The molecule has 1 N–H and O–H groups in total. The summed E-state index contributed by atoms with van der Waals surface area (Å²) >= 11 is 0. The Morgan fingerprint density at radius 3 is 2.48 bits per heavy atom. The fourth-order valence-electron chi connectivity index (χ4n) is 3.86. The molecule has 2 atom stereocenters. The Morgan fingerprint density at radius 2 is 1.79 bits per heavy atom. The van der Waals surface area contributed by atoms with Crippen LogP contribution < -0.4 is 5.32 Å². The fraction of sp³-hybridized carbons (Fsp3) is 0.364. The van der Waals surface area contributed by atoms with E-state index in [4.69, 9.17) is 0 Å². The summed E-state index contributed by atoms with van der Waals surface area (Å²) in [7, 11) is 0. The van der Waals surface area contributed by atoms with Gasteiger partial charge in [-0.3, -0.25) is 9.79 Å². The Kier molecular flexibility index (Phi) is 4.84. The molecule has 2 heterocycles. The van der Waals surface area contributed by atoms with Crippen molar-refractivity contribution in [2.75, 3.05) is 0 Å². The number of amides is 1. The van der Waals surface area contributed by atoms with Gasteiger partial charge in [-0.1, -0.05) is 36.4 Å². The third kappa shape index (κ3) is 3.73. The lowest BCUT2D eigenvalue weighted by Crippen LogP contribution is -2.43. The number of alkyl halides is 3. The Bertz CT molecular complexity index is 969. The molecule has 0 spiro atoms. The number of aliphatic imine (C=N–C) groups is 1. The summed E-state index contributed by atoms with van der Waals surface area (Å²) in [6, 6.07) is 11.8. The van der Waals surface area contributed by atoms with Crippen LogP contribution in [0.1, 0.15) is 47.7 Å². The molecule has 0 saturated heterocycles. The third-order valence-electron chi connectivity index (χ3n) is 5.68. The largest absolute Gasteiger partial charge is 0.408 e. The summed E-state index contributed by atoms with van der Waals surface area (Å²) in [6.45, 7) is 3.83. The van der Waals surface area contributed by atoms with Crippen molar-refractivity contribution >= 4 is 11.7 Å². The van der Waals surface area contributed by atoms with Crippen molar-refractivity contribution in [1.82, 2.24) is 10.2 Å². The van der Waals surface area contributed by atoms with Crippen molar-refractivity contribution in [3.63, 3.8) is 0 Å². The van der Waals surface area contributed by atoms with Crippen LogP contribution in [0, 0.1) is 0 Å². The molecule has 29 heavy (non-hydrogen) atoms. The van der Waals surface area contributed by atoms with Crippen molar-refractivity contribution in [2.24, 2.45) is 4.99 Å². The maximum atomic E-state index is 12.9. The van der Waals surface area contributed by atoms with E-state index in [2.05, 4.69) is 10.3 Å². The number of fused-ring (bicyclic) bond motifs is 2. The Hall–Kier alpha value is -2.83. The quantitative estimate of drug-likeness (QED) is 0.841. The normalized spacial score (nSPS) is 18.0. The minimum absolute atomic E-state index is 0.0526. The molecule has 4 nitrogen and oxygen atoms in total. The molecular weight excluding hydrogens is 379 g/mol. The van der Waals surface area contributed by atoms with Crippen LogP contribution in [-0.2, 0) is 24.3 Å². The average Bonchev–Trinajstić information content (AvgIpc) is 3.07. The van der Waals surface area contributed by atoms with Crippen LogP contribution in [-0.4, -0.2) is 28.9 Å². The van der Waals surface area contributed by atoms with Gasteiger partial charge in [0.05, 0.1) is 19.0 Å². The number of carbonyl (C=O) groups is 1. The molecule has 2 aromatic rings. The van der Waals surface area contributed by atoms with E-state index in [1.165, 1.54) is 0 Å². The van der Waals surface area contributed by atoms with Crippen LogP contribution >= 0.6 is 0 Å². The Morgan fingerprint density at radius 1 is 1.07 bits per heavy atom. The van der Waals surface area contributed by atoms with Gasteiger partial charge in [0, 0.05) is 12.1 Å². The van der Waals surface area contributed by atoms with Gasteiger partial charge in [-0.25, -0.2) is 0 Å². The molecule has 0 fully saturated rings. The summed E-state index contributed by atoms with van der Waals surface area (Å²) in [5.41, 5.74) is 4.50. The molecule has 2 aliphatic heterocycles. The summed E-state index contributed by atoms with van der Waals surface area (Å²) in [5.74, 6) is 0.323. The summed E-state index contributed by atoms with van der Waals surface area (Å²) < 4.78 is 38.8. The van der Waals surface area contributed by atoms with Gasteiger partial charge in [-0.2, -0.15) is 13.2 Å². The van der Waals surface area contributed by atoms with Crippen LogP contribution in [0.3, 0.4) is 0 Å². The van der Waals surface area contributed by atoms with Gasteiger partial charge < -0.3 is 10.2 Å². The third-order valence-corrected chi connectivity index (χ3v) is 5.68. The van der Waals surface area contributed by atoms with E-state index in [0.29, 0.717) is 25.1 Å². The molecule has 2 aromatic carbocycles. The second-order valence-corrected chi connectivity index (χ2v) is 7.64. The molecule has 0 aromatic heterocycles. The van der Waals surface area contributed by atoms with E-state index in [0.717, 1.165) is 29.2 Å². The maximum Gasteiger partial charge on any atom is 0.408 e. The molecule has 7 heteroatoms. The van der Waals surface area contributed by atoms with E-state index in [1.54, 1.807) is 0 Å². The van der Waals surface area contributed by atoms with E-state index in [-0.39, 0.29) is 17.8 Å². The number of carbonyl (C=O) groups excluding carboxylic acids is 1. The minimum Gasteiger partial charge on any atom is -0.359 e. The predicted molar refractivity (Wildman–Crippen MR) is 104 cm³/mol. The lowest BCUT2D eigenvalue weighted by molar-refractivity contribution is -0.147. The number of amidine groups is 1. The van der Waals surface area contributed by atoms with Gasteiger partial charge in [0.1, 0.15) is 11.9 Å². The number of nitrogens with one attached hydrogen (secondary N) is 1. The van der Waals surface area contributed by atoms with Gasteiger partial charge >= 0.3 is 6.18 Å². The molecule has 0 saturated carbocycles. The van der Waals surface area contributed by atoms with Crippen molar-refractivity contribution in [3.8, 4) is 0 Å². The smallest absolute Gasteiger partial charge is 0.359 e. The number of hydrogen-bond acceptors (Lipinski definition) is 3. The zero-order valence-corrected chi connectivity index (χ0v) is 16.3. The van der Waals surface area contributed by atoms with Gasteiger partial charge in [0.25, 0.3) is 0 Å². The van der Waals surface area contributed by atoms with E-state index < -0.39 is 12.2 Å². The molecule has 2 aliphatic rings. The topological polar surface area (TPSA) is 44.7 Å². The fourth-order valence-corrected chi connectivity index (χ4v) is 3.86. The zero-order chi connectivity index (χ0) is 20.8. The average molecular weight is 401 g/mol. The highest BCUT2D eigenvalue weighted by molar-refractivity contribution is 6.02. The van der Waals surface area contributed by atoms with Crippen molar-refractivity contribution < 1.29 is 18.0 Å². The number of nitrogens with zero attached hydrogens (tertiary/aromatic N) is 2. The van der Waals surface area contributed by atoms with E-state index >= 15 is 0 Å². The first kappa shape index (κ1) is 19.5. The first-order valence-electron chi connectivity index (χ1n) is 9.61. The van der Waals surface area contributed by atoms with Gasteiger partial charge in [0.15, 0.2) is 0 Å². The minimum atomic E-state index is -4.34. The van der Waals surface area contributed by atoms with E-state index in [9.17, 15) is 18.0 Å². The van der Waals surface area contributed by atoms with Crippen LogP contribution in [0.5, 0.6) is 0 Å². The second kappa shape index (κ2) is 7.21. The Labute approximate surface area is 167 Å². The molecule has 152 valence electrons. The monoisotopic (exact) mass is 401 g/mol. The predicted octanol–water partition coefficient (Wildman–Crippen LogP) is 4.13. The van der Waals surface area contributed by atoms with Crippen LogP contribution in [0.4, 0.5) is 13.2 Å². The number of hydrogen-bond donors (Lipinski definition) is 1.